The summed E-state index contributed by atoms with van der Waals surface area (Å²) in [6.45, 7) is 26.4. The van der Waals surface area contributed by atoms with Gasteiger partial charge < -0.3 is 13.6 Å². The summed E-state index contributed by atoms with van der Waals surface area (Å²) in [5.74, 6) is 0.449. The van der Waals surface area contributed by atoms with Gasteiger partial charge in [-0.05, 0) is 54.2 Å². The SMILES string of the molecule is [CH2-]c1cc2oc3cc(-c4c(C)cccc4C)ccc3c2cc1-c1cc(C(C)C)cc[n+]1[CH2-].[CH2-]c1cccc(C)c1-c1ccc([Si](C)(C)C)c[n+]1[CH2-].[Ir]. The molecule has 0 atom stereocenters. The Hall–Kier alpha value is -4.67. The van der Waals surface area contributed by atoms with Gasteiger partial charge in [0.15, 0.2) is 0 Å². The summed E-state index contributed by atoms with van der Waals surface area (Å²) in [6, 6.07) is 32.2. The van der Waals surface area contributed by atoms with E-state index < -0.39 is 8.07 Å². The van der Waals surface area contributed by atoms with Crippen molar-refractivity contribution < 1.29 is 33.7 Å². The van der Waals surface area contributed by atoms with Crippen LogP contribution in [0.1, 0.15) is 53.1 Å². The Kier molecular flexibility index (Phi) is 11.2. The standard InChI is InChI=1S/C30H28NO.C17H22NSi.Ir/c1-18(2)22-12-13-31(6)27(15-22)25-17-26-24-11-10-23(30-19(3)8-7-9-20(30)4)16-29(24)32-28(26)14-21(25)5;1-13-8-7-9-14(2)17(13)16-11-10-15(12-18(16)3)19(4,5)6;/h7-18H,5-6H2,1-4H3;7-12H,1,3H2,2,4-6H3;/q2*-1;. The molecule has 7 rings (SSSR count). The number of rotatable bonds is 5. The maximum atomic E-state index is 6.30. The summed E-state index contributed by atoms with van der Waals surface area (Å²) < 4.78 is 10.2. The van der Waals surface area contributed by atoms with E-state index in [4.69, 9.17) is 4.42 Å². The maximum Gasteiger partial charge on any atom is 0.134 e. The fourth-order valence-corrected chi connectivity index (χ4v) is 8.10. The molecule has 5 heteroatoms. The molecule has 4 aromatic carbocycles. The number of nitrogens with zero attached hydrogens (tertiary/aromatic N) is 2. The fourth-order valence-electron chi connectivity index (χ4n) is 6.98. The first-order valence-corrected chi connectivity index (χ1v) is 21.2. The maximum absolute atomic E-state index is 6.30. The van der Waals surface area contributed by atoms with Crippen LogP contribution in [0.3, 0.4) is 0 Å². The number of fused-ring (bicyclic) bond motifs is 3. The van der Waals surface area contributed by atoms with Gasteiger partial charge in [-0.3, -0.25) is 0 Å². The van der Waals surface area contributed by atoms with E-state index in [1.54, 1.807) is 0 Å². The number of hydrogen-bond acceptors (Lipinski definition) is 1. The van der Waals surface area contributed by atoms with Gasteiger partial charge in [0.25, 0.3) is 0 Å². The molecule has 0 aliphatic rings. The number of aryl methyl sites for hydroxylation is 3. The van der Waals surface area contributed by atoms with Crippen LogP contribution in [0.2, 0.25) is 19.6 Å². The largest absolute Gasteiger partial charge is 0.469 e. The van der Waals surface area contributed by atoms with Crippen LogP contribution in [-0.2, 0) is 20.1 Å². The normalized spacial score (nSPS) is 11.4. The van der Waals surface area contributed by atoms with Crippen molar-refractivity contribution in [2.45, 2.75) is 60.2 Å². The van der Waals surface area contributed by atoms with Crippen molar-refractivity contribution in [3.8, 4) is 33.6 Å². The minimum atomic E-state index is -1.29. The topological polar surface area (TPSA) is 20.9 Å². The van der Waals surface area contributed by atoms with E-state index >= 15 is 0 Å². The summed E-state index contributed by atoms with van der Waals surface area (Å²) in [5, 5.41) is 3.64. The molecular weight excluding hydrogens is 829 g/mol. The Bertz CT molecular complexity index is 2370. The Morgan fingerprint density at radius 1 is 0.635 bits per heavy atom. The van der Waals surface area contributed by atoms with E-state index in [0.29, 0.717) is 5.92 Å². The van der Waals surface area contributed by atoms with Gasteiger partial charge in [-0.1, -0.05) is 106 Å². The molecular formula is C47H50IrN2OSi-2. The van der Waals surface area contributed by atoms with Gasteiger partial charge in [0.05, 0.1) is 37.4 Å². The summed E-state index contributed by atoms with van der Waals surface area (Å²) in [4.78, 5) is 0. The van der Waals surface area contributed by atoms with Crippen molar-refractivity contribution >= 4 is 35.2 Å². The zero-order valence-electron chi connectivity index (χ0n) is 31.9. The Morgan fingerprint density at radius 3 is 1.88 bits per heavy atom. The third-order valence-electron chi connectivity index (χ3n) is 9.98. The molecule has 0 spiro atoms. The van der Waals surface area contributed by atoms with Gasteiger partial charge >= 0.3 is 0 Å². The molecule has 0 unspecified atom stereocenters. The first-order chi connectivity index (χ1) is 24.1. The van der Waals surface area contributed by atoms with Crippen molar-refractivity contribution in [1.82, 2.24) is 0 Å². The molecule has 0 fully saturated rings. The van der Waals surface area contributed by atoms with Crippen LogP contribution in [-0.4, -0.2) is 8.07 Å². The second-order valence-corrected chi connectivity index (χ2v) is 20.3. The zero-order valence-corrected chi connectivity index (χ0v) is 35.3. The predicted molar refractivity (Wildman–Crippen MR) is 219 cm³/mol. The molecule has 1 radical (unpaired) electrons. The third kappa shape index (κ3) is 7.59. The predicted octanol–water partition coefficient (Wildman–Crippen LogP) is 11.1. The molecule has 0 aliphatic heterocycles. The van der Waals surface area contributed by atoms with E-state index in [-0.39, 0.29) is 20.1 Å². The van der Waals surface area contributed by atoms with Crippen LogP contribution in [0.15, 0.2) is 108 Å². The first-order valence-electron chi connectivity index (χ1n) is 17.7. The molecule has 0 saturated carbocycles. The van der Waals surface area contributed by atoms with E-state index in [1.807, 2.05) is 27.5 Å². The minimum absolute atomic E-state index is 0. The Balaban J connectivity index is 0.000000225. The number of furan rings is 1. The van der Waals surface area contributed by atoms with Crippen LogP contribution < -0.4 is 14.3 Å². The van der Waals surface area contributed by atoms with Crippen LogP contribution in [0, 0.1) is 48.7 Å². The second-order valence-electron chi connectivity index (χ2n) is 15.2. The third-order valence-corrected chi connectivity index (χ3v) is 12.0. The minimum Gasteiger partial charge on any atom is -0.469 e. The van der Waals surface area contributed by atoms with Gasteiger partial charge in [0, 0.05) is 45.0 Å². The van der Waals surface area contributed by atoms with Gasteiger partial charge in [-0.15, -0.1) is 34.9 Å². The van der Waals surface area contributed by atoms with Crippen LogP contribution >= 0.6 is 0 Å². The van der Waals surface area contributed by atoms with Crippen LogP contribution in [0.25, 0.3) is 55.6 Å². The second kappa shape index (κ2) is 15.1. The summed E-state index contributed by atoms with van der Waals surface area (Å²) in [5.41, 5.74) is 15.7. The molecule has 7 aromatic rings. The molecule has 0 bridgehead atoms. The average molecular weight is 879 g/mol. The fraction of sp³-hybridized carbons (Fsp3) is 0.191. The van der Waals surface area contributed by atoms with Gasteiger partial charge in [-0.2, -0.15) is 31.0 Å². The molecule has 0 amide bonds. The van der Waals surface area contributed by atoms with E-state index in [9.17, 15) is 0 Å². The molecule has 52 heavy (non-hydrogen) atoms. The molecule has 3 nitrogen and oxygen atoms in total. The Morgan fingerprint density at radius 2 is 1.27 bits per heavy atom. The van der Waals surface area contributed by atoms with Crippen molar-refractivity contribution in [2.24, 2.45) is 0 Å². The summed E-state index contributed by atoms with van der Waals surface area (Å²) >= 11 is 0. The molecule has 269 valence electrons. The quantitative estimate of drug-likeness (QED) is 0.0959. The molecule has 0 aliphatic carbocycles. The average Bonchev–Trinajstić information content (AvgIpc) is 3.41. The Labute approximate surface area is 325 Å². The van der Waals surface area contributed by atoms with Crippen molar-refractivity contribution in [2.75, 3.05) is 0 Å². The van der Waals surface area contributed by atoms with Crippen LogP contribution in [0.4, 0.5) is 0 Å². The van der Waals surface area contributed by atoms with E-state index in [0.717, 1.165) is 50.0 Å². The van der Waals surface area contributed by atoms with Crippen molar-refractivity contribution in [3.63, 3.8) is 0 Å². The van der Waals surface area contributed by atoms with Gasteiger partial charge in [0.1, 0.15) is 5.58 Å². The monoisotopic (exact) mass is 879 g/mol. The smallest absolute Gasteiger partial charge is 0.134 e. The number of benzene rings is 4. The number of pyridine rings is 2. The van der Waals surface area contributed by atoms with Crippen LogP contribution in [0.5, 0.6) is 0 Å². The van der Waals surface area contributed by atoms with E-state index in [1.165, 1.54) is 44.1 Å². The molecule has 0 N–H and O–H groups in total. The van der Waals surface area contributed by atoms with Crippen molar-refractivity contribution in [1.29, 1.82) is 0 Å². The summed E-state index contributed by atoms with van der Waals surface area (Å²) in [6.07, 6.45) is 4.20. The first kappa shape index (κ1) is 38.6. The molecule has 3 aromatic heterocycles. The van der Waals surface area contributed by atoms with Gasteiger partial charge in [-0.25, -0.2) is 0 Å². The molecule has 0 saturated heterocycles. The van der Waals surface area contributed by atoms with E-state index in [2.05, 4.69) is 167 Å². The summed E-state index contributed by atoms with van der Waals surface area (Å²) in [7, 11) is 7.07. The van der Waals surface area contributed by atoms with Gasteiger partial charge in [0.2, 0.25) is 0 Å². The molecule has 3 heterocycles. The number of hydrogen-bond donors (Lipinski definition) is 0. The van der Waals surface area contributed by atoms with Crippen molar-refractivity contribution in [3.05, 3.63) is 165 Å². The zero-order chi connectivity index (χ0) is 36.8. The number of aromatic nitrogens is 2.